The smallest absolute Gasteiger partial charge is 0.321 e. The SMILES string of the molecule is CCCCCCCCCCP(=O)(CCCCCCCCCC)C(N[C@@H](CC(=O)O)C(=O)O)P(=O)(CCCCCCCCCC)CCCCCCCCCC. The van der Waals surface area contributed by atoms with E-state index in [2.05, 4.69) is 33.0 Å². The molecule has 9 heteroatoms. The van der Waals surface area contributed by atoms with Crippen molar-refractivity contribution < 1.29 is 28.9 Å². The fourth-order valence-electron chi connectivity index (χ4n) is 7.99. The highest BCUT2D eigenvalue weighted by atomic mass is 31.2. The molecule has 1 atom stereocenters. The zero-order chi connectivity index (χ0) is 40.2. The molecule has 322 valence electrons. The monoisotopic (exact) mass is 804 g/mol. The average Bonchev–Trinajstić information content (AvgIpc) is 3.14. The van der Waals surface area contributed by atoms with Gasteiger partial charge in [0, 0.05) is 24.6 Å². The Labute approximate surface area is 335 Å². The van der Waals surface area contributed by atoms with Gasteiger partial charge in [-0.2, -0.15) is 0 Å². The molecule has 0 aromatic heterocycles. The Morgan fingerprint density at radius 1 is 0.407 bits per heavy atom. The fraction of sp³-hybridized carbons (Fsp3) is 0.956. The van der Waals surface area contributed by atoms with E-state index in [9.17, 15) is 19.8 Å². The second-order valence-corrected chi connectivity index (χ2v) is 23.8. The second kappa shape index (κ2) is 36.7. The van der Waals surface area contributed by atoms with Crippen LogP contribution in [0.2, 0.25) is 0 Å². The molecule has 0 aliphatic carbocycles. The largest absolute Gasteiger partial charge is 0.481 e. The molecule has 0 saturated carbocycles. The van der Waals surface area contributed by atoms with Crippen LogP contribution in [0.5, 0.6) is 0 Å². The average molecular weight is 804 g/mol. The van der Waals surface area contributed by atoms with Crippen LogP contribution in [-0.2, 0) is 18.7 Å². The van der Waals surface area contributed by atoms with Crippen LogP contribution in [0, 0.1) is 0 Å². The molecule has 0 radical (unpaired) electrons. The molecule has 54 heavy (non-hydrogen) atoms. The van der Waals surface area contributed by atoms with Crippen LogP contribution in [0.25, 0.3) is 0 Å². The van der Waals surface area contributed by atoms with E-state index in [4.69, 9.17) is 0 Å². The number of hydrogen-bond acceptors (Lipinski definition) is 5. The van der Waals surface area contributed by atoms with E-state index in [1.165, 1.54) is 128 Å². The normalized spacial score (nSPS) is 12.8. The minimum Gasteiger partial charge on any atom is -0.481 e. The maximum absolute atomic E-state index is 15.6. The van der Waals surface area contributed by atoms with Crippen molar-refractivity contribution in [2.45, 2.75) is 251 Å². The van der Waals surface area contributed by atoms with Crippen molar-refractivity contribution in [2.75, 3.05) is 24.6 Å². The van der Waals surface area contributed by atoms with E-state index in [-0.39, 0.29) is 0 Å². The number of nitrogens with one attached hydrogen (secondary N) is 1. The number of unbranched alkanes of at least 4 members (excludes halogenated alkanes) is 28. The quantitative estimate of drug-likeness (QED) is 0.0414. The van der Waals surface area contributed by atoms with Crippen molar-refractivity contribution in [3.63, 3.8) is 0 Å². The van der Waals surface area contributed by atoms with Gasteiger partial charge in [0.1, 0.15) is 25.8 Å². The molecule has 7 nitrogen and oxygen atoms in total. The van der Waals surface area contributed by atoms with Gasteiger partial charge >= 0.3 is 11.9 Å². The summed E-state index contributed by atoms with van der Waals surface area (Å²) in [7, 11) is -6.40. The van der Waals surface area contributed by atoms with Crippen LogP contribution in [-0.4, -0.2) is 58.4 Å². The van der Waals surface area contributed by atoms with E-state index in [0.29, 0.717) is 24.6 Å². The van der Waals surface area contributed by atoms with E-state index in [1.54, 1.807) is 0 Å². The second-order valence-electron chi connectivity index (χ2n) is 16.7. The van der Waals surface area contributed by atoms with Gasteiger partial charge < -0.3 is 19.3 Å². The van der Waals surface area contributed by atoms with Crippen LogP contribution < -0.4 is 5.32 Å². The predicted molar refractivity (Wildman–Crippen MR) is 236 cm³/mol. The van der Waals surface area contributed by atoms with Crippen molar-refractivity contribution in [1.82, 2.24) is 5.32 Å². The van der Waals surface area contributed by atoms with E-state index in [0.717, 1.165) is 77.0 Å². The maximum atomic E-state index is 15.6. The van der Waals surface area contributed by atoms with Gasteiger partial charge in [0.05, 0.1) is 6.42 Å². The summed E-state index contributed by atoms with van der Waals surface area (Å²) in [5.41, 5.74) is -0.923. The molecule has 3 N–H and O–H groups in total. The van der Waals surface area contributed by atoms with Crippen LogP contribution in [0.4, 0.5) is 0 Å². The molecule has 0 spiro atoms. The van der Waals surface area contributed by atoms with E-state index < -0.39 is 44.2 Å². The highest BCUT2D eigenvalue weighted by Crippen LogP contribution is 2.68. The molecule has 0 aliphatic rings. The summed E-state index contributed by atoms with van der Waals surface area (Å²) >= 11 is 0. The number of aliphatic carboxylic acids is 2. The first kappa shape index (κ1) is 53.4. The zero-order valence-electron chi connectivity index (χ0n) is 36.2. The maximum Gasteiger partial charge on any atom is 0.321 e. The van der Waals surface area contributed by atoms with Gasteiger partial charge in [-0.05, 0) is 25.7 Å². The summed E-state index contributed by atoms with van der Waals surface area (Å²) in [6.45, 7) is 8.90. The third-order valence-corrected chi connectivity index (χ3v) is 20.4. The van der Waals surface area contributed by atoms with Crippen molar-refractivity contribution in [3.8, 4) is 0 Å². The van der Waals surface area contributed by atoms with Gasteiger partial charge in [-0.15, -0.1) is 0 Å². The number of carboxylic acids is 2. The Bertz CT molecular complexity index is 870. The van der Waals surface area contributed by atoms with Crippen molar-refractivity contribution in [2.24, 2.45) is 0 Å². The lowest BCUT2D eigenvalue weighted by Crippen LogP contribution is -2.45. The first-order valence-corrected chi connectivity index (χ1v) is 27.8. The number of hydrogen-bond donors (Lipinski definition) is 3. The zero-order valence-corrected chi connectivity index (χ0v) is 38.0. The molecule has 0 heterocycles. The minimum atomic E-state index is -3.20. The molecule has 0 unspecified atom stereocenters. The molecule has 0 aliphatic heterocycles. The van der Waals surface area contributed by atoms with Crippen LogP contribution in [0.15, 0.2) is 0 Å². The Kier molecular flexibility index (Phi) is 36.2. The third-order valence-electron chi connectivity index (χ3n) is 11.5. The summed E-state index contributed by atoms with van der Waals surface area (Å²) in [5, 5.41) is 23.1. The van der Waals surface area contributed by atoms with Crippen LogP contribution in [0.3, 0.4) is 0 Å². The standard InChI is InChI=1S/C45H91NO6P2/c1-5-9-13-17-21-25-29-33-37-53(51,38-34-30-26-22-18-14-10-6-2)45(46-42(44(49)50)41-43(47)48)54(52,39-35-31-27-23-19-15-11-7-3)40-36-32-28-24-20-16-12-8-4/h42,45-46H,5-41H2,1-4H3,(H,47,48)(H,49,50)/t42-/m0/s1. The lowest BCUT2D eigenvalue weighted by atomic mass is 10.1. The summed E-state index contributed by atoms with van der Waals surface area (Å²) in [5.74, 6) is -2.48. The summed E-state index contributed by atoms with van der Waals surface area (Å²) in [4.78, 5) is 24.5. The Balaban J connectivity index is 6.35. The van der Waals surface area contributed by atoms with Gasteiger partial charge in [-0.1, -0.05) is 207 Å². The first-order chi connectivity index (χ1) is 26.1. The van der Waals surface area contributed by atoms with Crippen LogP contribution >= 0.6 is 14.3 Å². The molecular weight excluding hydrogens is 712 g/mol. The van der Waals surface area contributed by atoms with Gasteiger partial charge in [0.2, 0.25) is 0 Å². The van der Waals surface area contributed by atoms with Gasteiger partial charge in [0.15, 0.2) is 0 Å². The lowest BCUT2D eigenvalue weighted by Gasteiger charge is -2.37. The van der Waals surface area contributed by atoms with Crippen molar-refractivity contribution in [3.05, 3.63) is 0 Å². The summed E-state index contributed by atoms with van der Waals surface area (Å²) in [6.07, 6.45) is 37.1. The molecular formula is C45H91NO6P2. The number of rotatable bonds is 43. The Morgan fingerprint density at radius 2 is 0.630 bits per heavy atom. The van der Waals surface area contributed by atoms with Gasteiger partial charge in [-0.3, -0.25) is 14.9 Å². The van der Waals surface area contributed by atoms with E-state index >= 15 is 9.13 Å². The molecule has 0 fully saturated rings. The summed E-state index contributed by atoms with van der Waals surface area (Å²) in [6, 6.07) is -1.41. The molecule has 0 amide bonds. The van der Waals surface area contributed by atoms with Crippen molar-refractivity contribution in [1.29, 1.82) is 0 Å². The number of carbonyl (C=O) groups is 2. The Morgan fingerprint density at radius 3 is 0.833 bits per heavy atom. The third kappa shape index (κ3) is 28.7. The number of carboxylic acid groups (broad SMARTS) is 2. The topological polar surface area (TPSA) is 121 Å². The van der Waals surface area contributed by atoms with Crippen molar-refractivity contribution >= 4 is 26.2 Å². The molecule has 0 bridgehead atoms. The van der Waals surface area contributed by atoms with Gasteiger partial charge in [0.25, 0.3) is 0 Å². The lowest BCUT2D eigenvalue weighted by molar-refractivity contribution is -0.145. The first-order valence-electron chi connectivity index (χ1n) is 23.5. The fourth-order valence-corrected chi connectivity index (χ4v) is 17.8. The van der Waals surface area contributed by atoms with Gasteiger partial charge in [-0.25, -0.2) is 0 Å². The summed E-state index contributed by atoms with van der Waals surface area (Å²) < 4.78 is 31.3. The highest BCUT2D eigenvalue weighted by Gasteiger charge is 2.46. The molecule has 0 aromatic rings. The highest BCUT2D eigenvalue weighted by molar-refractivity contribution is 7.81. The molecule has 0 saturated heterocycles. The Hall–Kier alpha value is -0.640. The van der Waals surface area contributed by atoms with Crippen LogP contribution in [0.1, 0.15) is 240 Å². The molecule has 0 rings (SSSR count). The molecule has 0 aromatic carbocycles. The minimum absolute atomic E-state index is 0.467. The van der Waals surface area contributed by atoms with E-state index in [1.807, 2.05) is 0 Å². The predicted octanol–water partition coefficient (Wildman–Crippen LogP) is 15.1.